The lowest BCUT2D eigenvalue weighted by molar-refractivity contribution is -0.142. The van der Waals surface area contributed by atoms with E-state index in [-0.39, 0.29) is 12.3 Å². The van der Waals surface area contributed by atoms with Crippen molar-refractivity contribution in [1.82, 2.24) is 4.90 Å². The molecule has 2 atom stereocenters. The lowest BCUT2D eigenvalue weighted by Gasteiger charge is -2.28. The van der Waals surface area contributed by atoms with E-state index in [9.17, 15) is 14.7 Å². The van der Waals surface area contributed by atoms with E-state index in [1.165, 1.54) is 0 Å². The number of hydrogen-bond donors (Lipinski definition) is 1. The van der Waals surface area contributed by atoms with Gasteiger partial charge >= 0.3 is 5.97 Å². The summed E-state index contributed by atoms with van der Waals surface area (Å²) in [7, 11) is 1.57. The van der Waals surface area contributed by atoms with Gasteiger partial charge in [0.05, 0.1) is 18.6 Å². The number of amides is 1. The van der Waals surface area contributed by atoms with E-state index in [1.807, 2.05) is 31.2 Å². The first-order chi connectivity index (χ1) is 9.56. The number of nitrogens with zero attached hydrogens (tertiary/aromatic N) is 1. The fourth-order valence-corrected chi connectivity index (χ4v) is 2.77. The average Bonchev–Trinajstić information content (AvgIpc) is 2.74. The molecule has 108 valence electrons. The van der Waals surface area contributed by atoms with Crippen molar-refractivity contribution >= 4 is 11.9 Å². The molecule has 0 aliphatic carbocycles. The average molecular weight is 277 g/mol. The molecule has 1 aliphatic heterocycles. The third-order valence-electron chi connectivity index (χ3n) is 3.79. The van der Waals surface area contributed by atoms with Crippen LogP contribution in [0.5, 0.6) is 0 Å². The zero-order valence-electron chi connectivity index (χ0n) is 11.7. The van der Waals surface area contributed by atoms with Gasteiger partial charge in [0.25, 0.3) is 0 Å². The second-order valence-electron chi connectivity index (χ2n) is 5.03. The largest absolute Gasteiger partial charge is 0.481 e. The van der Waals surface area contributed by atoms with Crippen LogP contribution in [0.1, 0.15) is 23.6 Å². The van der Waals surface area contributed by atoms with Crippen molar-refractivity contribution in [1.29, 1.82) is 0 Å². The van der Waals surface area contributed by atoms with Crippen LogP contribution in [0.4, 0.5) is 0 Å². The van der Waals surface area contributed by atoms with E-state index < -0.39 is 17.9 Å². The lowest BCUT2D eigenvalue weighted by atomic mass is 9.91. The summed E-state index contributed by atoms with van der Waals surface area (Å²) in [5.41, 5.74) is 1.91. The van der Waals surface area contributed by atoms with Crippen molar-refractivity contribution in [2.75, 3.05) is 20.3 Å². The Morgan fingerprint density at radius 2 is 2.15 bits per heavy atom. The first-order valence-corrected chi connectivity index (χ1v) is 6.63. The lowest BCUT2D eigenvalue weighted by Crippen LogP contribution is -2.33. The summed E-state index contributed by atoms with van der Waals surface area (Å²) in [6.45, 7) is 2.75. The second-order valence-corrected chi connectivity index (χ2v) is 5.03. The maximum absolute atomic E-state index is 12.1. The molecule has 5 nitrogen and oxygen atoms in total. The van der Waals surface area contributed by atoms with Gasteiger partial charge in [0.2, 0.25) is 5.91 Å². The van der Waals surface area contributed by atoms with Gasteiger partial charge in [-0.1, -0.05) is 24.3 Å². The summed E-state index contributed by atoms with van der Waals surface area (Å²) in [6.07, 6.45) is 0.0536. The smallest absolute Gasteiger partial charge is 0.309 e. The molecule has 0 radical (unpaired) electrons. The molecule has 5 heteroatoms. The summed E-state index contributed by atoms with van der Waals surface area (Å²) in [6, 6.07) is 7.21. The number of ether oxygens (including phenoxy) is 1. The Labute approximate surface area is 118 Å². The Kier molecular flexibility index (Phi) is 4.39. The normalized spacial score (nSPS) is 22.3. The molecule has 0 bridgehead atoms. The summed E-state index contributed by atoms with van der Waals surface area (Å²) in [5.74, 6) is -1.74. The van der Waals surface area contributed by atoms with Crippen LogP contribution in [0.15, 0.2) is 24.3 Å². The van der Waals surface area contributed by atoms with Gasteiger partial charge in [-0.15, -0.1) is 0 Å². The van der Waals surface area contributed by atoms with E-state index in [0.29, 0.717) is 13.2 Å². The number of aryl methyl sites for hydroxylation is 1. The molecule has 2 rings (SSSR count). The summed E-state index contributed by atoms with van der Waals surface area (Å²) in [4.78, 5) is 25.2. The SMILES string of the molecule is COCCN1C(=O)C[C@H](C(=O)O)[C@@H]1c1ccccc1C. The molecule has 0 spiro atoms. The Morgan fingerprint density at radius 1 is 1.45 bits per heavy atom. The van der Waals surface area contributed by atoms with Gasteiger partial charge in [-0.2, -0.15) is 0 Å². The molecule has 0 aromatic heterocycles. The van der Waals surface area contributed by atoms with Gasteiger partial charge in [0, 0.05) is 20.1 Å². The van der Waals surface area contributed by atoms with Crippen LogP contribution >= 0.6 is 0 Å². The number of carbonyl (C=O) groups is 2. The van der Waals surface area contributed by atoms with Crippen molar-refractivity contribution in [2.24, 2.45) is 5.92 Å². The highest BCUT2D eigenvalue weighted by atomic mass is 16.5. The van der Waals surface area contributed by atoms with Gasteiger partial charge in [-0.25, -0.2) is 0 Å². The number of likely N-dealkylation sites (tertiary alicyclic amines) is 1. The predicted molar refractivity (Wildman–Crippen MR) is 73.3 cm³/mol. The highest BCUT2D eigenvalue weighted by molar-refractivity contribution is 5.87. The van der Waals surface area contributed by atoms with Crippen LogP contribution in [0.3, 0.4) is 0 Å². The molecule has 1 amide bonds. The first-order valence-electron chi connectivity index (χ1n) is 6.63. The molecule has 1 N–H and O–H groups in total. The molecule has 1 fully saturated rings. The van der Waals surface area contributed by atoms with Crippen LogP contribution in [-0.4, -0.2) is 42.1 Å². The highest BCUT2D eigenvalue weighted by Crippen LogP contribution is 2.39. The molecule has 1 aliphatic rings. The van der Waals surface area contributed by atoms with Crippen molar-refractivity contribution < 1.29 is 19.4 Å². The fraction of sp³-hybridized carbons (Fsp3) is 0.467. The van der Waals surface area contributed by atoms with E-state index in [1.54, 1.807) is 12.0 Å². The molecule has 0 saturated carbocycles. The third kappa shape index (κ3) is 2.67. The number of carboxylic acids is 1. The minimum Gasteiger partial charge on any atom is -0.481 e. The number of rotatable bonds is 5. The standard InChI is InChI=1S/C15H19NO4/c1-10-5-3-4-6-11(10)14-12(15(18)19)9-13(17)16(14)7-8-20-2/h3-6,12,14H,7-9H2,1-2H3,(H,18,19)/t12-,14-/m0/s1. The summed E-state index contributed by atoms with van der Waals surface area (Å²) >= 11 is 0. The second kappa shape index (κ2) is 6.05. The topological polar surface area (TPSA) is 66.8 Å². The first kappa shape index (κ1) is 14.5. The Balaban J connectivity index is 2.38. The van der Waals surface area contributed by atoms with Crippen LogP contribution in [0.2, 0.25) is 0 Å². The Morgan fingerprint density at radius 3 is 2.75 bits per heavy atom. The maximum Gasteiger partial charge on any atom is 0.309 e. The predicted octanol–water partition coefficient (Wildman–Crippen LogP) is 1.62. The summed E-state index contributed by atoms with van der Waals surface area (Å²) in [5, 5.41) is 9.39. The van der Waals surface area contributed by atoms with Crippen LogP contribution in [-0.2, 0) is 14.3 Å². The van der Waals surface area contributed by atoms with Crippen molar-refractivity contribution in [2.45, 2.75) is 19.4 Å². The summed E-state index contributed by atoms with van der Waals surface area (Å²) < 4.78 is 5.02. The molecule has 1 aromatic rings. The molecule has 1 heterocycles. The van der Waals surface area contributed by atoms with Gasteiger partial charge in [0.1, 0.15) is 0 Å². The van der Waals surface area contributed by atoms with Crippen molar-refractivity contribution in [3.8, 4) is 0 Å². The van der Waals surface area contributed by atoms with E-state index in [4.69, 9.17) is 4.74 Å². The number of methoxy groups -OCH3 is 1. The maximum atomic E-state index is 12.1. The number of carbonyl (C=O) groups excluding carboxylic acids is 1. The third-order valence-corrected chi connectivity index (χ3v) is 3.79. The zero-order valence-corrected chi connectivity index (χ0v) is 11.7. The molecular weight excluding hydrogens is 258 g/mol. The zero-order chi connectivity index (χ0) is 14.7. The van der Waals surface area contributed by atoms with E-state index in [2.05, 4.69) is 0 Å². The highest BCUT2D eigenvalue weighted by Gasteiger charge is 2.44. The minimum absolute atomic E-state index is 0.0536. The van der Waals surface area contributed by atoms with Gasteiger partial charge in [-0.3, -0.25) is 9.59 Å². The minimum atomic E-state index is -0.925. The van der Waals surface area contributed by atoms with Crippen LogP contribution in [0, 0.1) is 12.8 Å². The van der Waals surface area contributed by atoms with E-state index in [0.717, 1.165) is 11.1 Å². The molecular formula is C15H19NO4. The molecule has 1 saturated heterocycles. The number of carboxylic acid groups (broad SMARTS) is 1. The molecule has 0 unspecified atom stereocenters. The number of aliphatic carboxylic acids is 1. The fourth-order valence-electron chi connectivity index (χ4n) is 2.77. The van der Waals surface area contributed by atoms with Crippen molar-refractivity contribution in [3.05, 3.63) is 35.4 Å². The van der Waals surface area contributed by atoms with Gasteiger partial charge in [-0.05, 0) is 18.1 Å². The van der Waals surface area contributed by atoms with Gasteiger partial charge in [0.15, 0.2) is 0 Å². The van der Waals surface area contributed by atoms with E-state index >= 15 is 0 Å². The van der Waals surface area contributed by atoms with Crippen molar-refractivity contribution in [3.63, 3.8) is 0 Å². The van der Waals surface area contributed by atoms with Crippen LogP contribution < -0.4 is 0 Å². The number of hydrogen-bond acceptors (Lipinski definition) is 3. The Bertz CT molecular complexity index is 514. The number of benzene rings is 1. The van der Waals surface area contributed by atoms with Gasteiger partial charge < -0.3 is 14.7 Å². The monoisotopic (exact) mass is 277 g/mol. The Hall–Kier alpha value is -1.88. The quantitative estimate of drug-likeness (QED) is 0.888. The molecule has 20 heavy (non-hydrogen) atoms. The molecule has 1 aromatic carbocycles. The van der Waals surface area contributed by atoms with Crippen LogP contribution in [0.25, 0.3) is 0 Å².